The summed E-state index contributed by atoms with van der Waals surface area (Å²) in [6.45, 7) is 6.54. The minimum atomic E-state index is 0.143. The molecule has 4 heterocycles. The van der Waals surface area contributed by atoms with Crippen molar-refractivity contribution in [2.75, 3.05) is 34.1 Å². The van der Waals surface area contributed by atoms with Gasteiger partial charge in [-0.05, 0) is 67.1 Å². The van der Waals surface area contributed by atoms with Gasteiger partial charge in [0.05, 0.1) is 12.6 Å². The van der Waals surface area contributed by atoms with Crippen molar-refractivity contribution in [2.24, 2.45) is 11.8 Å². The van der Waals surface area contributed by atoms with Crippen molar-refractivity contribution in [1.29, 1.82) is 0 Å². The second-order valence-corrected chi connectivity index (χ2v) is 9.10. The molecule has 0 saturated carbocycles. The van der Waals surface area contributed by atoms with Gasteiger partial charge in [0.1, 0.15) is 11.5 Å². The predicted molar refractivity (Wildman–Crippen MR) is 131 cm³/mol. The Morgan fingerprint density at radius 2 is 2.03 bits per heavy atom. The van der Waals surface area contributed by atoms with E-state index in [2.05, 4.69) is 46.8 Å². The third-order valence-electron chi connectivity index (χ3n) is 7.44. The number of ether oxygens (including phenoxy) is 3. The number of nitrogens with zero attached hydrogens (tertiary/aromatic N) is 2. The topological polar surface area (TPSA) is 43.8 Å². The van der Waals surface area contributed by atoms with E-state index in [-0.39, 0.29) is 12.7 Å². The molecule has 3 saturated heterocycles. The second-order valence-electron chi connectivity index (χ2n) is 9.10. The van der Waals surface area contributed by atoms with Gasteiger partial charge in [-0.15, -0.1) is 6.58 Å². The Morgan fingerprint density at radius 3 is 2.79 bits per heavy atom. The van der Waals surface area contributed by atoms with Gasteiger partial charge >= 0.3 is 0 Å². The summed E-state index contributed by atoms with van der Waals surface area (Å²) in [5.41, 5.74) is 3.44. The van der Waals surface area contributed by atoms with E-state index in [4.69, 9.17) is 14.2 Å². The lowest BCUT2D eigenvalue weighted by Crippen LogP contribution is -2.55. The molecule has 5 atom stereocenters. The first kappa shape index (κ1) is 21.9. The van der Waals surface area contributed by atoms with Crippen molar-refractivity contribution in [3.63, 3.8) is 0 Å². The first-order valence-corrected chi connectivity index (χ1v) is 11.7. The van der Waals surface area contributed by atoms with Crippen LogP contribution in [-0.2, 0) is 4.74 Å². The maximum Gasteiger partial charge on any atom is 0.188 e. The number of rotatable bonds is 8. The molecule has 5 heteroatoms. The van der Waals surface area contributed by atoms with Crippen LogP contribution in [0.4, 0.5) is 0 Å². The number of hydrogen-bond acceptors (Lipinski definition) is 5. The number of aromatic nitrogens is 1. The minimum Gasteiger partial charge on any atom is -0.497 e. The van der Waals surface area contributed by atoms with Crippen LogP contribution in [0.2, 0.25) is 0 Å². The molecule has 2 aromatic carbocycles. The fraction of sp³-hybridized carbons (Fsp3) is 0.393. The van der Waals surface area contributed by atoms with E-state index in [1.165, 1.54) is 17.5 Å². The van der Waals surface area contributed by atoms with E-state index in [1.54, 1.807) is 14.2 Å². The van der Waals surface area contributed by atoms with Gasteiger partial charge < -0.3 is 14.2 Å². The van der Waals surface area contributed by atoms with Gasteiger partial charge in [-0.3, -0.25) is 9.88 Å². The predicted octanol–water partition coefficient (Wildman–Crippen LogP) is 5.25. The molecule has 3 aliphatic rings. The molecule has 0 radical (unpaired) electrons. The Bertz CT molecular complexity index is 1130. The largest absolute Gasteiger partial charge is 0.497 e. The Kier molecular flexibility index (Phi) is 6.34. The molecule has 3 fully saturated rings. The maximum absolute atomic E-state index is 6.06. The van der Waals surface area contributed by atoms with Gasteiger partial charge in [0.15, 0.2) is 6.79 Å². The van der Waals surface area contributed by atoms with E-state index in [9.17, 15) is 0 Å². The van der Waals surface area contributed by atoms with Gasteiger partial charge in [-0.1, -0.05) is 24.3 Å². The molecular formula is C28H32N2O3. The van der Waals surface area contributed by atoms with E-state index in [1.807, 2.05) is 30.5 Å². The average molecular weight is 445 g/mol. The Morgan fingerprint density at radius 1 is 1.15 bits per heavy atom. The summed E-state index contributed by atoms with van der Waals surface area (Å²) in [4.78, 5) is 7.31. The van der Waals surface area contributed by atoms with Gasteiger partial charge in [0, 0.05) is 42.8 Å². The van der Waals surface area contributed by atoms with Crippen molar-refractivity contribution in [1.82, 2.24) is 9.88 Å². The molecule has 3 aromatic rings. The zero-order valence-electron chi connectivity index (χ0n) is 19.4. The summed E-state index contributed by atoms with van der Waals surface area (Å²) in [5.74, 6) is 3.11. The maximum atomic E-state index is 6.06. The number of para-hydroxylation sites is 1. The number of piperidine rings is 3. The van der Waals surface area contributed by atoms with Crippen molar-refractivity contribution in [3.05, 3.63) is 78.5 Å². The lowest BCUT2D eigenvalue weighted by atomic mass is 9.69. The van der Waals surface area contributed by atoms with Crippen LogP contribution in [0, 0.1) is 11.8 Å². The number of hydrogen-bond donors (Lipinski definition) is 0. The summed E-state index contributed by atoms with van der Waals surface area (Å²) in [6.07, 6.45) is 6.48. The molecule has 0 spiro atoms. The van der Waals surface area contributed by atoms with Crippen LogP contribution in [-0.4, -0.2) is 50.0 Å². The molecule has 0 amide bonds. The van der Waals surface area contributed by atoms with Crippen LogP contribution in [0.25, 0.3) is 10.9 Å². The first-order valence-electron chi connectivity index (χ1n) is 11.7. The SMILES string of the molecule is C=CC1CN2CCC1CC2[C@@H](c1ccccc1OCOC)c1ccnc2ccc(OC)cc12. The molecule has 4 unspecified atom stereocenters. The summed E-state index contributed by atoms with van der Waals surface area (Å²) < 4.78 is 16.9. The van der Waals surface area contributed by atoms with E-state index in [0.29, 0.717) is 17.9 Å². The third kappa shape index (κ3) is 4.11. The number of pyridine rings is 1. The summed E-state index contributed by atoms with van der Waals surface area (Å²) in [7, 11) is 3.37. The zero-order valence-corrected chi connectivity index (χ0v) is 19.4. The van der Waals surface area contributed by atoms with Crippen LogP contribution < -0.4 is 9.47 Å². The number of benzene rings is 2. The monoisotopic (exact) mass is 444 g/mol. The Labute approximate surface area is 196 Å². The molecular weight excluding hydrogens is 412 g/mol. The van der Waals surface area contributed by atoms with Crippen LogP contribution in [0.1, 0.15) is 29.9 Å². The summed E-state index contributed by atoms with van der Waals surface area (Å²) in [5, 5.41) is 1.13. The highest BCUT2D eigenvalue weighted by molar-refractivity contribution is 5.84. The average Bonchev–Trinajstić information content (AvgIpc) is 2.88. The normalized spacial score (nSPS) is 25.0. The molecule has 33 heavy (non-hydrogen) atoms. The van der Waals surface area contributed by atoms with Gasteiger partial charge in [-0.25, -0.2) is 0 Å². The van der Waals surface area contributed by atoms with E-state index < -0.39 is 0 Å². The zero-order chi connectivity index (χ0) is 22.8. The van der Waals surface area contributed by atoms with Gasteiger partial charge in [-0.2, -0.15) is 0 Å². The number of fused-ring (bicyclic) bond motifs is 4. The molecule has 6 rings (SSSR count). The van der Waals surface area contributed by atoms with E-state index >= 15 is 0 Å². The molecule has 5 nitrogen and oxygen atoms in total. The van der Waals surface area contributed by atoms with Crippen molar-refractivity contribution >= 4 is 10.9 Å². The molecule has 2 bridgehead atoms. The summed E-state index contributed by atoms with van der Waals surface area (Å²) >= 11 is 0. The number of methoxy groups -OCH3 is 2. The standard InChI is InChI=1S/C28H32N2O3/c1-4-19-17-30-14-12-20(19)15-26(30)28(23-7-5-6-8-27(23)33-18-31-2)22-11-13-29-25-10-9-21(32-3)16-24(22)25/h4-11,13,16,19-20,26,28H,1,12,14-15,17-18H2,2-3H3/t19?,20?,26?,28-/m1/s1. The lowest BCUT2D eigenvalue weighted by Gasteiger charge is -2.52. The van der Waals surface area contributed by atoms with Gasteiger partial charge in [0.2, 0.25) is 0 Å². The first-order chi connectivity index (χ1) is 16.2. The highest BCUT2D eigenvalue weighted by Crippen LogP contribution is 2.47. The molecule has 0 aliphatic carbocycles. The fourth-order valence-corrected chi connectivity index (χ4v) is 5.84. The smallest absolute Gasteiger partial charge is 0.188 e. The molecule has 172 valence electrons. The van der Waals surface area contributed by atoms with Crippen LogP contribution in [0.15, 0.2) is 67.4 Å². The molecule has 1 aromatic heterocycles. The van der Waals surface area contributed by atoms with Crippen LogP contribution >= 0.6 is 0 Å². The second kappa shape index (κ2) is 9.54. The van der Waals surface area contributed by atoms with E-state index in [0.717, 1.165) is 41.9 Å². The van der Waals surface area contributed by atoms with Gasteiger partial charge in [0.25, 0.3) is 0 Å². The van der Waals surface area contributed by atoms with Crippen molar-refractivity contribution in [3.8, 4) is 11.5 Å². The summed E-state index contributed by atoms with van der Waals surface area (Å²) in [6, 6.07) is 17.1. The highest BCUT2D eigenvalue weighted by atomic mass is 16.7. The lowest BCUT2D eigenvalue weighted by molar-refractivity contribution is 0.0107. The molecule has 3 aliphatic heterocycles. The Hall–Kier alpha value is -2.89. The Balaban J connectivity index is 1.67. The quantitative estimate of drug-likeness (QED) is 0.351. The van der Waals surface area contributed by atoms with Crippen molar-refractivity contribution in [2.45, 2.75) is 24.8 Å². The minimum absolute atomic E-state index is 0.143. The third-order valence-corrected chi connectivity index (χ3v) is 7.44. The fourth-order valence-electron chi connectivity index (χ4n) is 5.84. The van der Waals surface area contributed by atoms with Crippen LogP contribution in [0.3, 0.4) is 0 Å². The molecule has 0 N–H and O–H groups in total. The highest BCUT2D eigenvalue weighted by Gasteiger charge is 2.43. The van der Waals surface area contributed by atoms with Crippen LogP contribution in [0.5, 0.6) is 11.5 Å². The van der Waals surface area contributed by atoms with Crippen molar-refractivity contribution < 1.29 is 14.2 Å².